The van der Waals surface area contributed by atoms with Gasteiger partial charge in [-0.3, -0.25) is 0 Å². The second-order valence-electron chi connectivity index (χ2n) is 3.02. The Bertz CT molecular complexity index is 375. The van der Waals surface area contributed by atoms with Crippen molar-refractivity contribution in [3.8, 4) is 5.75 Å². The van der Waals surface area contributed by atoms with Crippen LogP contribution in [0.2, 0.25) is 0 Å². The van der Waals surface area contributed by atoms with Gasteiger partial charge in [0.1, 0.15) is 5.75 Å². The van der Waals surface area contributed by atoms with Crippen molar-refractivity contribution in [3.05, 3.63) is 38.7 Å². The van der Waals surface area contributed by atoms with Crippen LogP contribution in [0.1, 0.15) is 12.0 Å². The minimum Gasteiger partial charge on any atom is -0.493 e. The summed E-state index contributed by atoms with van der Waals surface area (Å²) in [6, 6.07) is 5.83. The predicted molar refractivity (Wildman–Crippen MR) is 63.0 cm³/mol. The quantitative estimate of drug-likeness (QED) is 0.347. The first kappa shape index (κ1) is 11.9. The van der Waals surface area contributed by atoms with E-state index in [0.717, 1.165) is 22.2 Å². The first-order valence-corrected chi connectivity index (χ1v) is 5.44. The number of nitrogens with zero attached hydrogens (tertiary/aromatic N) is 3. The van der Waals surface area contributed by atoms with Gasteiger partial charge in [-0.25, -0.2) is 0 Å². The molecule has 0 spiro atoms. The van der Waals surface area contributed by atoms with Gasteiger partial charge in [0.25, 0.3) is 0 Å². The number of ether oxygens (including phenoxy) is 1. The van der Waals surface area contributed by atoms with E-state index in [2.05, 4.69) is 26.0 Å². The lowest BCUT2D eigenvalue weighted by atomic mass is 10.2. The third-order valence-electron chi connectivity index (χ3n) is 1.94. The van der Waals surface area contributed by atoms with E-state index in [1.807, 2.05) is 25.1 Å². The average Bonchev–Trinajstić information content (AvgIpc) is 2.24. The van der Waals surface area contributed by atoms with Gasteiger partial charge in [0, 0.05) is 21.5 Å². The molecule has 0 aliphatic carbocycles. The molecule has 0 aromatic heterocycles. The van der Waals surface area contributed by atoms with Crippen LogP contribution in [0.15, 0.2) is 27.8 Å². The lowest BCUT2D eigenvalue weighted by Gasteiger charge is -2.09. The molecule has 0 atom stereocenters. The van der Waals surface area contributed by atoms with Crippen molar-refractivity contribution in [1.29, 1.82) is 0 Å². The third kappa shape index (κ3) is 3.81. The summed E-state index contributed by atoms with van der Waals surface area (Å²) in [6.07, 6.45) is 0.732. The van der Waals surface area contributed by atoms with E-state index in [0.29, 0.717) is 13.2 Å². The van der Waals surface area contributed by atoms with Crippen molar-refractivity contribution < 1.29 is 4.74 Å². The number of azide groups is 1. The number of hydrogen-bond donors (Lipinski definition) is 0. The molecule has 0 fully saturated rings. The SMILES string of the molecule is Cc1c(Br)cccc1OCCCN=[N+]=[N-]. The second-order valence-corrected chi connectivity index (χ2v) is 3.87. The van der Waals surface area contributed by atoms with Crippen molar-refractivity contribution in [3.63, 3.8) is 0 Å². The van der Waals surface area contributed by atoms with Crippen molar-refractivity contribution in [2.75, 3.05) is 13.2 Å². The second kappa shape index (κ2) is 6.32. The molecule has 0 bridgehead atoms. The van der Waals surface area contributed by atoms with Gasteiger partial charge in [-0.15, -0.1) is 0 Å². The van der Waals surface area contributed by atoms with Crippen LogP contribution in [-0.2, 0) is 0 Å². The van der Waals surface area contributed by atoms with E-state index >= 15 is 0 Å². The molecule has 0 heterocycles. The number of hydrogen-bond acceptors (Lipinski definition) is 2. The lowest BCUT2D eigenvalue weighted by molar-refractivity contribution is 0.311. The largest absolute Gasteiger partial charge is 0.493 e. The maximum Gasteiger partial charge on any atom is 0.123 e. The van der Waals surface area contributed by atoms with Gasteiger partial charge in [-0.05, 0) is 31.0 Å². The standard InChI is InChI=1S/C10H12BrN3O/c1-8-9(11)4-2-5-10(8)15-7-3-6-13-14-12/h2,4-5H,3,6-7H2,1H3. The molecule has 0 aliphatic rings. The number of halogens is 1. The van der Waals surface area contributed by atoms with E-state index in [1.54, 1.807) is 0 Å². The molecule has 0 N–H and O–H groups in total. The zero-order valence-corrected chi connectivity index (χ0v) is 10.1. The number of benzene rings is 1. The summed E-state index contributed by atoms with van der Waals surface area (Å²) in [5.41, 5.74) is 9.16. The Kier molecular flexibility index (Phi) is 5.01. The number of rotatable bonds is 5. The molecule has 0 saturated heterocycles. The predicted octanol–water partition coefficient (Wildman–Crippen LogP) is 3.84. The van der Waals surface area contributed by atoms with Gasteiger partial charge in [0.2, 0.25) is 0 Å². The fourth-order valence-corrected chi connectivity index (χ4v) is 1.45. The summed E-state index contributed by atoms with van der Waals surface area (Å²) < 4.78 is 6.59. The molecule has 80 valence electrons. The summed E-state index contributed by atoms with van der Waals surface area (Å²) in [4.78, 5) is 2.67. The minimum absolute atomic E-state index is 0.476. The van der Waals surface area contributed by atoms with Gasteiger partial charge >= 0.3 is 0 Å². The van der Waals surface area contributed by atoms with Crippen molar-refractivity contribution in [2.45, 2.75) is 13.3 Å². The highest BCUT2D eigenvalue weighted by atomic mass is 79.9. The maximum atomic E-state index is 8.07. The van der Waals surface area contributed by atoms with Crippen LogP contribution in [0.3, 0.4) is 0 Å². The maximum absolute atomic E-state index is 8.07. The lowest BCUT2D eigenvalue weighted by Crippen LogP contribution is -2.00. The molecule has 0 saturated carbocycles. The molecule has 1 rings (SSSR count). The molecule has 4 nitrogen and oxygen atoms in total. The van der Waals surface area contributed by atoms with Crippen molar-refractivity contribution in [2.24, 2.45) is 5.11 Å². The molecule has 0 amide bonds. The summed E-state index contributed by atoms with van der Waals surface area (Å²) >= 11 is 3.43. The van der Waals surface area contributed by atoms with Crippen LogP contribution in [0.4, 0.5) is 0 Å². The Balaban J connectivity index is 2.44. The molecule has 5 heteroatoms. The van der Waals surface area contributed by atoms with Gasteiger partial charge in [0.15, 0.2) is 0 Å². The molecular weight excluding hydrogens is 258 g/mol. The first-order chi connectivity index (χ1) is 7.25. The van der Waals surface area contributed by atoms with Crippen LogP contribution >= 0.6 is 15.9 Å². The summed E-state index contributed by atoms with van der Waals surface area (Å²) in [5.74, 6) is 0.866. The normalized spacial score (nSPS) is 9.47. The van der Waals surface area contributed by atoms with Crippen LogP contribution in [-0.4, -0.2) is 13.2 Å². The van der Waals surface area contributed by atoms with E-state index in [-0.39, 0.29) is 0 Å². The molecule has 1 aromatic rings. The Morgan fingerprint density at radius 1 is 1.53 bits per heavy atom. The highest BCUT2D eigenvalue weighted by molar-refractivity contribution is 9.10. The van der Waals surface area contributed by atoms with E-state index in [1.165, 1.54) is 0 Å². The molecule has 15 heavy (non-hydrogen) atoms. The third-order valence-corrected chi connectivity index (χ3v) is 2.80. The van der Waals surface area contributed by atoms with E-state index < -0.39 is 0 Å². The highest BCUT2D eigenvalue weighted by Crippen LogP contribution is 2.25. The Morgan fingerprint density at radius 3 is 3.07 bits per heavy atom. The van der Waals surface area contributed by atoms with E-state index in [4.69, 9.17) is 10.3 Å². The van der Waals surface area contributed by atoms with Gasteiger partial charge in [-0.1, -0.05) is 27.1 Å². The molecule has 0 radical (unpaired) electrons. The van der Waals surface area contributed by atoms with Crippen molar-refractivity contribution in [1.82, 2.24) is 0 Å². The molecule has 0 unspecified atom stereocenters. The van der Waals surface area contributed by atoms with Crippen LogP contribution < -0.4 is 4.74 Å². The topological polar surface area (TPSA) is 58.0 Å². The van der Waals surface area contributed by atoms with Gasteiger partial charge < -0.3 is 4.74 Å². The van der Waals surface area contributed by atoms with Gasteiger partial charge in [-0.2, -0.15) is 0 Å². The van der Waals surface area contributed by atoms with E-state index in [9.17, 15) is 0 Å². The Morgan fingerprint density at radius 2 is 2.33 bits per heavy atom. The summed E-state index contributed by atoms with van der Waals surface area (Å²) in [5, 5.41) is 3.43. The minimum atomic E-state index is 0.476. The van der Waals surface area contributed by atoms with Gasteiger partial charge in [0.05, 0.1) is 6.61 Å². The summed E-state index contributed by atoms with van der Waals surface area (Å²) in [6.45, 7) is 3.03. The van der Waals surface area contributed by atoms with Crippen molar-refractivity contribution >= 4 is 15.9 Å². The Labute approximate surface area is 97.0 Å². The zero-order valence-electron chi connectivity index (χ0n) is 8.48. The molecule has 0 aliphatic heterocycles. The fraction of sp³-hybridized carbons (Fsp3) is 0.400. The monoisotopic (exact) mass is 269 g/mol. The summed E-state index contributed by atoms with van der Waals surface area (Å²) in [7, 11) is 0. The van der Waals surface area contributed by atoms with Crippen LogP contribution in [0, 0.1) is 6.92 Å². The zero-order chi connectivity index (χ0) is 11.1. The molecular formula is C10H12BrN3O. The Hall–Kier alpha value is -1.19. The highest BCUT2D eigenvalue weighted by Gasteiger charge is 2.01. The average molecular weight is 270 g/mol. The van der Waals surface area contributed by atoms with Crippen LogP contribution in [0.5, 0.6) is 5.75 Å². The molecule has 1 aromatic carbocycles. The smallest absolute Gasteiger partial charge is 0.123 e. The van der Waals surface area contributed by atoms with Crippen LogP contribution in [0.25, 0.3) is 10.4 Å². The first-order valence-electron chi connectivity index (χ1n) is 4.64. The fourth-order valence-electron chi connectivity index (χ4n) is 1.11.